The smallest absolute Gasteiger partial charge is 0.156 e. The standard InChI is InChI=1S/C11H9N3S/c1-7-4-10(15-6-7)8-5-9-11(14-8)13-3-2-12-9/h2-6H,1H3,(H,13,14). The molecule has 4 heteroatoms. The van der Waals surface area contributed by atoms with E-state index < -0.39 is 0 Å². The minimum Gasteiger partial charge on any atom is -0.337 e. The predicted octanol–water partition coefficient (Wildman–Crippen LogP) is 2.99. The van der Waals surface area contributed by atoms with Crippen LogP contribution in [0.5, 0.6) is 0 Å². The summed E-state index contributed by atoms with van der Waals surface area (Å²) in [6.45, 7) is 2.10. The van der Waals surface area contributed by atoms with Gasteiger partial charge in [-0.25, -0.2) is 4.98 Å². The van der Waals surface area contributed by atoms with Crippen molar-refractivity contribution in [1.82, 2.24) is 15.0 Å². The fraction of sp³-hybridized carbons (Fsp3) is 0.0909. The highest BCUT2D eigenvalue weighted by atomic mass is 32.1. The lowest BCUT2D eigenvalue weighted by molar-refractivity contribution is 1.26. The van der Waals surface area contributed by atoms with Crippen LogP contribution in [0.4, 0.5) is 0 Å². The minimum absolute atomic E-state index is 0.846. The Morgan fingerprint density at radius 1 is 1.20 bits per heavy atom. The number of nitrogens with one attached hydrogen (secondary N) is 1. The number of hydrogen-bond donors (Lipinski definition) is 1. The summed E-state index contributed by atoms with van der Waals surface area (Å²) in [5.41, 5.74) is 4.14. The van der Waals surface area contributed by atoms with Crippen LogP contribution in [0.3, 0.4) is 0 Å². The number of aromatic amines is 1. The van der Waals surface area contributed by atoms with Gasteiger partial charge in [0.05, 0.1) is 10.6 Å². The third-order valence-electron chi connectivity index (χ3n) is 2.26. The van der Waals surface area contributed by atoms with Gasteiger partial charge in [-0.15, -0.1) is 11.3 Å². The van der Waals surface area contributed by atoms with Crippen molar-refractivity contribution >= 4 is 22.5 Å². The summed E-state index contributed by atoms with van der Waals surface area (Å²) in [7, 11) is 0. The molecule has 3 nitrogen and oxygen atoms in total. The van der Waals surface area contributed by atoms with Crippen LogP contribution in [0.25, 0.3) is 21.7 Å². The summed E-state index contributed by atoms with van der Waals surface area (Å²) >= 11 is 1.73. The lowest BCUT2D eigenvalue weighted by Gasteiger charge is -1.88. The largest absolute Gasteiger partial charge is 0.337 e. The van der Waals surface area contributed by atoms with E-state index in [1.165, 1.54) is 10.4 Å². The van der Waals surface area contributed by atoms with Crippen LogP contribution in [0, 0.1) is 6.92 Å². The van der Waals surface area contributed by atoms with E-state index in [2.05, 4.69) is 33.3 Å². The third kappa shape index (κ3) is 1.43. The molecule has 0 amide bonds. The first kappa shape index (κ1) is 8.61. The van der Waals surface area contributed by atoms with Crippen molar-refractivity contribution < 1.29 is 0 Å². The monoisotopic (exact) mass is 215 g/mol. The molecule has 74 valence electrons. The van der Waals surface area contributed by atoms with Gasteiger partial charge >= 0.3 is 0 Å². The van der Waals surface area contributed by atoms with Crippen molar-refractivity contribution in [3.63, 3.8) is 0 Å². The molecule has 0 aromatic carbocycles. The first-order valence-corrected chi connectivity index (χ1v) is 5.56. The zero-order chi connectivity index (χ0) is 10.3. The van der Waals surface area contributed by atoms with Gasteiger partial charge in [-0.1, -0.05) is 0 Å². The molecule has 1 N–H and O–H groups in total. The average molecular weight is 215 g/mol. The van der Waals surface area contributed by atoms with Gasteiger partial charge in [0.2, 0.25) is 0 Å². The van der Waals surface area contributed by atoms with Crippen LogP contribution in [-0.4, -0.2) is 15.0 Å². The van der Waals surface area contributed by atoms with Crippen LogP contribution >= 0.6 is 11.3 Å². The van der Waals surface area contributed by atoms with Crippen molar-refractivity contribution in [2.24, 2.45) is 0 Å². The molecule has 0 saturated carbocycles. The first-order valence-electron chi connectivity index (χ1n) is 4.68. The van der Waals surface area contributed by atoms with Gasteiger partial charge in [0.1, 0.15) is 5.52 Å². The van der Waals surface area contributed by atoms with Gasteiger partial charge in [-0.2, -0.15) is 0 Å². The zero-order valence-electron chi connectivity index (χ0n) is 8.19. The van der Waals surface area contributed by atoms with E-state index in [4.69, 9.17) is 0 Å². The minimum atomic E-state index is 0.846. The van der Waals surface area contributed by atoms with E-state index in [9.17, 15) is 0 Å². The average Bonchev–Trinajstić information content (AvgIpc) is 2.82. The second kappa shape index (κ2) is 3.17. The molecule has 0 fully saturated rings. The van der Waals surface area contributed by atoms with E-state index in [0.29, 0.717) is 0 Å². The summed E-state index contributed by atoms with van der Waals surface area (Å²) < 4.78 is 0. The SMILES string of the molecule is Cc1csc(-c2cc3nccnc3[nH]2)c1. The van der Waals surface area contributed by atoms with Gasteiger partial charge in [-0.3, -0.25) is 4.98 Å². The summed E-state index contributed by atoms with van der Waals surface area (Å²) in [6, 6.07) is 4.20. The third-order valence-corrected chi connectivity index (χ3v) is 3.34. The molecule has 3 rings (SSSR count). The second-order valence-corrected chi connectivity index (χ2v) is 4.37. The van der Waals surface area contributed by atoms with Gasteiger partial charge in [0.25, 0.3) is 0 Å². The van der Waals surface area contributed by atoms with Crippen LogP contribution in [0.1, 0.15) is 5.56 Å². The molecular weight excluding hydrogens is 206 g/mol. The number of H-pyrrole nitrogens is 1. The molecule has 3 aromatic heterocycles. The Balaban J connectivity index is 2.19. The van der Waals surface area contributed by atoms with E-state index in [0.717, 1.165) is 16.9 Å². The van der Waals surface area contributed by atoms with Crippen LogP contribution in [0.2, 0.25) is 0 Å². The molecule has 0 atom stereocenters. The van der Waals surface area contributed by atoms with Crippen LogP contribution in [0.15, 0.2) is 29.9 Å². The molecule has 0 saturated heterocycles. The second-order valence-electron chi connectivity index (χ2n) is 3.46. The van der Waals surface area contributed by atoms with E-state index in [1.54, 1.807) is 23.7 Å². The van der Waals surface area contributed by atoms with Crippen molar-refractivity contribution in [2.45, 2.75) is 6.92 Å². The topological polar surface area (TPSA) is 41.6 Å². The van der Waals surface area contributed by atoms with Crippen molar-refractivity contribution in [1.29, 1.82) is 0 Å². The van der Waals surface area contributed by atoms with Crippen LogP contribution in [-0.2, 0) is 0 Å². The molecule has 0 aliphatic carbocycles. The highest BCUT2D eigenvalue weighted by Gasteiger charge is 2.05. The quantitative estimate of drug-likeness (QED) is 0.678. The highest BCUT2D eigenvalue weighted by molar-refractivity contribution is 7.13. The van der Waals surface area contributed by atoms with E-state index in [1.807, 2.05) is 6.07 Å². The molecule has 0 radical (unpaired) electrons. The molecular formula is C11H9N3S. The molecule has 15 heavy (non-hydrogen) atoms. The van der Waals surface area contributed by atoms with Crippen molar-refractivity contribution in [3.05, 3.63) is 35.5 Å². The fourth-order valence-electron chi connectivity index (χ4n) is 1.56. The molecule has 0 bridgehead atoms. The number of fused-ring (bicyclic) bond motifs is 1. The Morgan fingerprint density at radius 2 is 2.07 bits per heavy atom. The highest BCUT2D eigenvalue weighted by Crippen LogP contribution is 2.27. The van der Waals surface area contributed by atoms with Gasteiger partial charge in [-0.05, 0) is 30.0 Å². The fourth-order valence-corrected chi connectivity index (χ4v) is 2.43. The van der Waals surface area contributed by atoms with Gasteiger partial charge < -0.3 is 4.98 Å². The maximum atomic E-state index is 4.25. The lowest BCUT2D eigenvalue weighted by atomic mass is 10.3. The maximum absolute atomic E-state index is 4.25. The number of thiophene rings is 1. The first-order chi connectivity index (χ1) is 7.33. The summed E-state index contributed by atoms with van der Waals surface area (Å²) in [6.07, 6.45) is 3.40. The van der Waals surface area contributed by atoms with E-state index >= 15 is 0 Å². The molecule has 0 unspecified atom stereocenters. The lowest BCUT2D eigenvalue weighted by Crippen LogP contribution is -1.76. The van der Waals surface area contributed by atoms with E-state index in [-0.39, 0.29) is 0 Å². The Hall–Kier alpha value is -1.68. The Bertz CT molecular complexity index is 576. The zero-order valence-corrected chi connectivity index (χ0v) is 9.01. The summed E-state index contributed by atoms with van der Waals surface area (Å²) in [5.74, 6) is 0. The predicted molar refractivity (Wildman–Crippen MR) is 61.9 cm³/mol. The maximum Gasteiger partial charge on any atom is 0.156 e. The number of aromatic nitrogens is 3. The molecule has 0 aliphatic rings. The molecule has 0 aliphatic heterocycles. The number of nitrogens with zero attached hydrogens (tertiary/aromatic N) is 2. The molecule has 0 spiro atoms. The molecule has 3 aromatic rings. The Kier molecular flexibility index (Phi) is 1.82. The number of hydrogen-bond acceptors (Lipinski definition) is 3. The van der Waals surface area contributed by atoms with Crippen LogP contribution < -0.4 is 0 Å². The molecule has 3 heterocycles. The summed E-state index contributed by atoms with van der Waals surface area (Å²) in [4.78, 5) is 13.0. The Morgan fingerprint density at radius 3 is 2.80 bits per heavy atom. The van der Waals surface area contributed by atoms with Gasteiger partial charge in [0, 0.05) is 12.4 Å². The van der Waals surface area contributed by atoms with Crippen molar-refractivity contribution in [3.8, 4) is 10.6 Å². The number of rotatable bonds is 1. The normalized spacial score (nSPS) is 11.0. The van der Waals surface area contributed by atoms with Gasteiger partial charge in [0.15, 0.2) is 5.65 Å². The van der Waals surface area contributed by atoms with Crippen molar-refractivity contribution in [2.75, 3.05) is 0 Å². The Labute approximate surface area is 90.8 Å². The summed E-state index contributed by atoms with van der Waals surface area (Å²) in [5, 5.41) is 2.14. The number of aryl methyl sites for hydroxylation is 1.